The van der Waals surface area contributed by atoms with E-state index in [0.717, 1.165) is 5.69 Å². The van der Waals surface area contributed by atoms with Crippen LogP contribution in [-0.4, -0.2) is 36.4 Å². The van der Waals surface area contributed by atoms with Crippen LogP contribution in [0.25, 0.3) is 0 Å². The van der Waals surface area contributed by atoms with Crippen LogP contribution in [0.4, 0.5) is 0 Å². The molecule has 20 heavy (non-hydrogen) atoms. The smallest absolute Gasteiger partial charge is 0.211 e. The zero-order valence-electron chi connectivity index (χ0n) is 11.7. The summed E-state index contributed by atoms with van der Waals surface area (Å²) in [6.07, 6.45) is 3.91. The highest BCUT2D eigenvalue weighted by Gasteiger charge is 2.35. The number of aliphatic hydroxyl groups is 1. The summed E-state index contributed by atoms with van der Waals surface area (Å²) in [7, 11) is -3.25. The number of rotatable bonds is 7. The van der Waals surface area contributed by atoms with Gasteiger partial charge in [-0.2, -0.15) is 0 Å². The molecule has 1 atom stereocenters. The molecule has 1 fully saturated rings. The second kappa shape index (κ2) is 6.65. The Morgan fingerprint density at radius 2 is 2.20 bits per heavy atom. The van der Waals surface area contributed by atoms with Gasteiger partial charge >= 0.3 is 0 Å². The summed E-state index contributed by atoms with van der Waals surface area (Å²) in [5.41, 5.74) is 0.873. The van der Waals surface area contributed by atoms with Gasteiger partial charge in [-0.05, 0) is 37.3 Å². The van der Waals surface area contributed by atoms with E-state index in [0.29, 0.717) is 25.7 Å². The van der Waals surface area contributed by atoms with Gasteiger partial charge in [-0.1, -0.05) is 13.0 Å². The van der Waals surface area contributed by atoms with Crippen molar-refractivity contribution in [3.63, 3.8) is 0 Å². The summed E-state index contributed by atoms with van der Waals surface area (Å²) < 4.78 is 26.7. The van der Waals surface area contributed by atoms with Gasteiger partial charge in [0, 0.05) is 24.4 Å². The largest absolute Gasteiger partial charge is 0.393 e. The first-order valence-electron chi connectivity index (χ1n) is 7.08. The van der Waals surface area contributed by atoms with Gasteiger partial charge in [0.1, 0.15) is 0 Å². The Balaban J connectivity index is 2.05. The van der Waals surface area contributed by atoms with E-state index in [1.165, 1.54) is 0 Å². The molecule has 2 N–H and O–H groups in total. The first kappa shape index (κ1) is 15.4. The topological polar surface area (TPSA) is 79.3 Å². The van der Waals surface area contributed by atoms with Crippen molar-refractivity contribution in [3.05, 3.63) is 30.1 Å². The number of nitrogens with zero attached hydrogens (tertiary/aromatic N) is 1. The van der Waals surface area contributed by atoms with E-state index in [2.05, 4.69) is 9.71 Å². The fourth-order valence-corrected chi connectivity index (χ4v) is 3.96. The van der Waals surface area contributed by atoms with Crippen LogP contribution < -0.4 is 4.72 Å². The maximum absolute atomic E-state index is 12.0. The number of pyridine rings is 1. The Labute approximate surface area is 120 Å². The maximum Gasteiger partial charge on any atom is 0.211 e. The molecule has 0 spiro atoms. The Morgan fingerprint density at radius 1 is 1.45 bits per heavy atom. The number of hydrogen-bond donors (Lipinski definition) is 2. The van der Waals surface area contributed by atoms with Gasteiger partial charge in [0.25, 0.3) is 0 Å². The molecule has 0 aromatic carbocycles. The molecule has 1 saturated carbocycles. The highest BCUT2D eigenvalue weighted by molar-refractivity contribution is 7.89. The first-order chi connectivity index (χ1) is 9.50. The molecule has 1 heterocycles. The number of aliphatic hydroxyl groups excluding tert-OH is 1. The summed E-state index contributed by atoms with van der Waals surface area (Å²) in [4.78, 5) is 4.26. The summed E-state index contributed by atoms with van der Waals surface area (Å²) in [6.45, 7) is 1.85. The fraction of sp³-hybridized carbons (Fsp3) is 0.643. The quantitative estimate of drug-likeness (QED) is 0.790. The lowest BCUT2D eigenvalue weighted by Crippen LogP contribution is -2.48. The second-order valence-corrected chi connectivity index (χ2v) is 7.33. The predicted octanol–water partition coefficient (Wildman–Crippen LogP) is 1.09. The van der Waals surface area contributed by atoms with Crippen LogP contribution in [0.1, 0.15) is 31.9 Å². The van der Waals surface area contributed by atoms with E-state index in [1.54, 1.807) is 6.20 Å². The molecule has 1 aromatic heterocycles. The van der Waals surface area contributed by atoms with E-state index < -0.39 is 10.0 Å². The normalized spacial score (nSPS) is 24.1. The van der Waals surface area contributed by atoms with Crippen LogP contribution in [0, 0.1) is 5.92 Å². The Hall–Kier alpha value is -0.980. The van der Waals surface area contributed by atoms with Gasteiger partial charge in [0.15, 0.2) is 0 Å². The first-order valence-corrected chi connectivity index (χ1v) is 8.73. The highest BCUT2D eigenvalue weighted by Crippen LogP contribution is 2.31. The third-order valence-electron chi connectivity index (χ3n) is 3.68. The SMILES string of the molecule is CCCS(=O)(=O)N[C@@H](Cc1ccccn1)C1CC(O)C1. The van der Waals surface area contributed by atoms with E-state index in [4.69, 9.17) is 0 Å². The molecule has 2 rings (SSSR count). The van der Waals surface area contributed by atoms with Gasteiger partial charge in [-0.3, -0.25) is 4.98 Å². The van der Waals surface area contributed by atoms with E-state index >= 15 is 0 Å². The lowest BCUT2D eigenvalue weighted by atomic mass is 9.76. The molecule has 1 aromatic rings. The molecular weight excluding hydrogens is 276 g/mol. The molecule has 0 amide bonds. The van der Waals surface area contributed by atoms with Gasteiger partial charge in [-0.25, -0.2) is 13.1 Å². The van der Waals surface area contributed by atoms with Crippen LogP contribution in [-0.2, 0) is 16.4 Å². The van der Waals surface area contributed by atoms with Gasteiger partial charge < -0.3 is 5.11 Å². The fourth-order valence-electron chi connectivity index (χ4n) is 2.57. The van der Waals surface area contributed by atoms with Crippen LogP contribution >= 0.6 is 0 Å². The summed E-state index contributed by atoms with van der Waals surface area (Å²) in [6, 6.07) is 5.46. The van der Waals surface area contributed by atoms with Crippen molar-refractivity contribution in [1.29, 1.82) is 0 Å². The predicted molar refractivity (Wildman–Crippen MR) is 77.7 cm³/mol. The molecule has 0 radical (unpaired) electrons. The zero-order chi connectivity index (χ0) is 14.6. The lowest BCUT2D eigenvalue weighted by molar-refractivity contribution is 0.0282. The number of nitrogens with one attached hydrogen (secondary N) is 1. The number of sulfonamides is 1. The van der Waals surface area contributed by atoms with Gasteiger partial charge in [0.05, 0.1) is 11.9 Å². The Bertz CT molecular complexity index is 512. The number of aromatic nitrogens is 1. The van der Waals surface area contributed by atoms with Crippen molar-refractivity contribution in [2.45, 2.75) is 44.8 Å². The van der Waals surface area contributed by atoms with Gasteiger partial charge in [0.2, 0.25) is 10.0 Å². The molecular formula is C14H22N2O3S. The molecule has 0 bridgehead atoms. The van der Waals surface area contributed by atoms with Crippen LogP contribution in [0.15, 0.2) is 24.4 Å². The monoisotopic (exact) mass is 298 g/mol. The van der Waals surface area contributed by atoms with Crippen molar-refractivity contribution in [2.75, 3.05) is 5.75 Å². The number of hydrogen-bond acceptors (Lipinski definition) is 4. The Morgan fingerprint density at radius 3 is 2.75 bits per heavy atom. The molecule has 1 aliphatic carbocycles. The van der Waals surface area contributed by atoms with Crippen molar-refractivity contribution in [2.24, 2.45) is 5.92 Å². The van der Waals surface area contributed by atoms with Crippen molar-refractivity contribution in [3.8, 4) is 0 Å². The molecule has 0 saturated heterocycles. The summed E-state index contributed by atoms with van der Waals surface area (Å²) >= 11 is 0. The lowest BCUT2D eigenvalue weighted by Gasteiger charge is -2.37. The molecule has 1 aliphatic rings. The van der Waals surface area contributed by atoms with Crippen LogP contribution in [0.2, 0.25) is 0 Å². The molecule has 6 heteroatoms. The van der Waals surface area contributed by atoms with Crippen molar-refractivity contribution >= 4 is 10.0 Å². The second-order valence-electron chi connectivity index (χ2n) is 5.45. The van der Waals surface area contributed by atoms with Crippen LogP contribution in [0.3, 0.4) is 0 Å². The molecule has 112 valence electrons. The average Bonchev–Trinajstić information content (AvgIpc) is 2.35. The molecule has 0 unspecified atom stereocenters. The minimum atomic E-state index is -3.25. The van der Waals surface area contributed by atoms with Crippen molar-refractivity contribution in [1.82, 2.24) is 9.71 Å². The minimum Gasteiger partial charge on any atom is -0.393 e. The summed E-state index contributed by atoms with van der Waals surface area (Å²) in [5.74, 6) is 0.333. The van der Waals surface area contributed by atoms with E-state index in [9.17, 15) is 13.5 Å². The third kappa shape index (κ3) is 4.26. The standard InChI is InChI=1S/C14H22N2O3S/c1-2-7-20(18,19)16-14(11-8-13(17)9-11)10-12-5-3-4-6-15-12/h3-6,11,13-14,16-17H,2,7-10H2,1H3/t11?,13?,14-/m0/s1. The van der Waals surface area contributed by atoms with E-state index in [-0.39, 0.29) is 23.8 Å². The molecule has 0 aliphatic heterocycles. The minimum absolute atomic E-state index is 0.140. The van der Waals surface area contributed by atoms with Crippen molar-refractivity contribution < 1.29 is 13.5 Å². The molecule has 5 nitrogen and oxygen atoms in total. The maximum atomic E-state index is 12.0. The Kier molecular flexibility index (Phi) is 5.12. The van der Waals surface area contributed by atoms with Crippen LogP contribution in [0.5, 0.6) is 0 Å². The zero-order valence-corrected chi connectivity index (χ0v) is 12.5. The highest BCUT2D eigenvalue weighted by atomic mass is 32.2. The average molecular weight is 298 g/mol. The van der Waals surface area contributed by atoms with Gasteiger partial charge in [-0.15, -0.1) is 0 Å². The third-order valence-corrected chi connectivity index (χ3v) is 5.29. The van der Waals surface area contributed by atoms with E-state index in [1.807, 2.05) is 25.1 Å². The summed E-state index contributed by atoms with van der Waals surface area (Å²) in [5, 5.41) is 9.44.